The molecule has 0 radical (unpaired) electrons. The Morgan fingerprint density at radius 1 is 1.29 bits per heavy atom. The summed E-state index contributed by atoms with van der Waals surface area (Å²) in [6.07, 6.45) is 2.84. The van der Waals surface area contributed by atoms with Gasteiger partial charge in [0.1, 0.15) is 0 Å². The third-order valence-electron chi connectivity index (χ3n) is 6.11. The number of fused-ring (bicyclic) bond motifs is 1. The van der Waals surface area contributed by atoms with Gasteiger partial charge in [-0.05, 0) is 38.0 Å². The molecule has 21 heavy (non-hydrogen) atoms. The fourth-order valence-electron chi connectivity index (χ4n) is 4.71. The van der Waals surface area contributed by atoms with Gasteiger partial charge >= 0.3 is 0 Å². The summed E-state index contributed by atoms with van der Waals surface area (Å²) in [6.45, 7) is 6.67. The minimum Gasteiger partial charge on any atom is -0.381 e. The van der Waals surface area contributed by atoms with E-state index in [1.54, 1.807) is 0 Å². The van der Waals surface area contributed by atoms with Crippen LogP contribution >= 0.6 is 0 Å². The molecule has 1 aliphatic carbocycles. The Hall–Kier alpha value is -1.10. The minimum atomic E-state index is -0.273. The normalized spacial score (nSPS) is 41.8. The Bertz CT molecular complexity index is 470. The van der Waals surface area contributed by atoms with Crippen LogP contribution in [0.3, 0.4) is 0 Å². The van der Waals surface area contributed by atoms with Crippen LogP contribution in [-0.2, 0) is 14.3 Å². The van der Waals surface area contributed by atoms with Crippen molar-refractivity contribution in [1.29, 1.82) is 0 Å². The van der Waals surface area contributed by atoms with Gasteiger partial charge in [0.15, 0.2) is 0 Å². The van der Waals surface area contributed by atoms with Crippen molar-refractivity contribution < 1.29 is 14.3 Å². The number of carbonyl (C=O) groups excluding carboxylic acids is 2. The first-order chi connectivity index (χ1) is 10.2. The van der Waals surface area contributed by atoms with Crippen LogP contribution in [0.25, 0.3) is 0 Å². The number of carbonyl (C=O) groups is 2. The maximum atomic E-state index is 12.7. The van der Waals surface area contributed by atoms with Crippen molar-refractivity contribution in [3.8, 4) is 0 Å². The molecule has 4 atom stereocenters. The molecule has 4 fully saturated rings. The zero-order valence-corrected chi connectivity index (χ0v) is 12.7. The molecule has 4 aliphatic rings. The molecule has 0 aromatic heterocycles. The largest absolute Gasteiger partial charge is 0.381 e. The Morgan fingerprint density at radius 2 is 2.05 bits per heavy atom. The maximum absolute atomic E-state index is 12.7. The highest BCUT2D eigenvalue weighted by atomic mass is 16.5. The van der Waals surface area contributed by atoms with E-state index in [-0.39, 0.29) is 23.1 Å². The Balaban J connectivity index is 1.46. The van der Waals surface area contributed by atoms with Gasteiger partial charge in [0, 0.05) is 32.1 Å². The quantitative estimate of drug-likeness (QED) is 0.754. The SMILES string of the molecule is CCN1CCC2(CCCN(C(=O)C3[C@H]4COC[C@@H]34)C2)C1=O. The highest BCUT2D eigenvalue weighted by Gasteiger charge is 2.60. The van der Waals surface area contributed by atoms with Gasteiger partial charge in [-0.2, -0.15) is 0 Å². The number of hydrogen-bond donors (Lipinski definition) is 0. The van der Waals surface area contributed by atoms with Crippen molar-refractivity contribution in [2.24, 2.45) is 23.2 Å². The number of piperidine rings is 1. The third-order valence-corrected chi connectivity index (χ3v) is 6.11. The van der Waals surface area contributed by atoms with Crippen LogP contribution in [0.4, 0.5) is 0 Å². The first kappa shape index (κ1) is 13.6. The van der Waals surface area contributed by atoms with E-state index in [2.05, 4.69) is 0 Å². The summed E-state index contributed by atoms with van der Waals surface area (Å²) in [5, 5.41) is 0. The number of nitrogens with zero attached hydrogens (tertiary/aromatic N) is 2. The van der Waals surface area contributed by atoms with Gasteiger partial charge in [0.2, 0.25) is 11.8 Å². The number of ether oxygens (including phenoxy) is 1. The van der Waals surface area contributed by atoms with Gasteiger partial charge < -0.3 is 14.5 Å². The zero-order chi connectivity index (χ0) is 14.6. The summed E-state index contributed by atoms with van der Waals surface area (Å²) in [5.41, 5.74) is -0.273. The molecular weight excluding hydrogens is 268 g/mol. The summed E-state index contributed by atoms with van der Waals surface area (Å²) >= 11 is 0. The molecule has 0 N–H and O–H groups in total. The van der Waals surface area contributed by atoms with Crippen molar-refractivity contribution >= 4 is 11.8 Å². The van der Waals surface area contributed by atoms with Gasteiger partial charge in [0.25, 0.3) is 0 Å². The standard InChI is InChI=1S/C16H24N2O3/c1-2-17-7-5-16(15(17)20)4-3-6-18(10-16)14(19)13-11-8-21-9-12(11)13/h11-13H,2-10H2,1H3/t11-,12+,13?,16?. The van der Waals surface area contributed by atoms with Crippen molar-refractivity contribution in [3.63, 3.8) is 0 Å². The molecule has 5 heteroatoms. The second-order valence-corrected chi connectivity index (χ2v) is 7.17. The number of amides is 2. The van der Waals surface area contributed by atoms with E-state index in [0.29, 0.717) is 18.4 Å². The predicted octanol–water partition coefficient (Wildman–Crippen LogP) is 0.740. The molecule has 0 aromatic carbocycles. The molecule has 1 saturated carbocycles. The minimum absolute atomic E-state index is 0.188. The number of likely N-dealkylation sites (tertiary alicyclic amines) is 2. The Labute approximate surface area is 125 Å². The second-order valence-electron chi connectivity index (χ2n) is 7.17. The molecule has 4 rings (SSSR count). The molecule has 0 bridgehead atoms. The molecule has 5 nitrogen and oxygen atoms in total. The lowest BCUT2D eigenvalue weighted by molar-refractivity contribution is -0.144. The second kappa shape index (κ2) is 4.70. The van der Waals surface area contributed by atoms with E-state index < -0.39 is 0 Å². The van der Waals surface area contributed by atoms with Crippen molar-refractivity contribution in [2.45, 2.75) is 26.2 Å². The number of hydrogen-bond acceptors (Lipinski definition) is 3. The lowest BCUT2D eigenvalue weighted by atomic mass is 9.78. The molecule has 1 spiro atoms. The lowest BCUT2D eigenvalue weighted by Gasteiger charge is -2.39. The molecular formula is C16H24N2O3. The van der Waals surface area contributed by atoms with Crippen LogP contribution in [-0.4, -0.2) is 61.0 Å². The van der Waals surface area contributed by atoms with Gasteiger partial charge in [-0.15, -0.1) is 0 Å². The van der Waals surface area contributed by atoms with Crippen LogP contribution < -0.4 is 0 Å². The topological polar surface area (TPSA) is 49.9 Å². The average molecular weight is 292 g/mol. The summed E-state index contributed by atoms with van der Waals surface area (Å²) in [4.78, 5) is 29.3. The van der Waals surface area contributed by atoms with E-state index in [1.165, 1.54) is 0 Å². The van der Waals surface area contributed by atoms with E-state index in [0.717, 1.165) is 52.1 Å². The van der Waals surface area contributed by atoms with Crippen LogP contribution in [0.2, 0.25) is 0 Å². The van der Waals surface area contributed by atoms with E-state index in [4.69, 9.17) is 4.74 Å². The predicted molar refractivity (Wildman–Crippen MR) is 76.4 cm³/mol. The fourth-order valence-corrected chi connectivity index (χ4v) is 4.71. The summed E-state index contributed by atoms with van der Waals surface area (Å²) in [5.74, 6) is 1.67. The van der Waals surface area contributed by atoms with Gasteiger partial charge in [-0.1, -0.05) is 0 Å². The summed E-state index contributed by atoms with van der Waals surface area (Å²) < 4.78 is 5.38. The van der Waals surface area contributed by atoms with Crippen LogP contribution in [0.5, 0.6) is 0 Å². The van der Waals surface area contributed by atoms with Gasteiger partial charge in [-0.3, -0.25) is 9.59 Å². The average Bonchev–Trinajstić information content (AvgIpc) is 2.83. The van der Waals surface area contributed by atoms with E-state index in [9.17, 15) is 9.59 Å². The molecule has 2 unspecified atom stereocenters. The van der Waals surface area contributed by atoms with E-state index in [1.807, 2.05) is 16.7 Å². The van der Waals surface area contributed by atoms with Crippen molar-refractivity contribution in [1.82, 2.24) is 9.80 Å². The molecule has 3 heterocycles. The van der Waals surface area contributed by atoms with Crippen LogP contribution in [0, 0.1) is 23.2 Å². The molecule has 0 aromatic rings. The Morgan fingerprint density at radius 3 is 2.71 bits per heavy atom. The lowest BCUT2D eigenvalue weighted by Crippen LogP contribution is -2.50. The first-order valence-electron chi connectivity index (χ1n) is 8.32. The highest BCUT2D eigenvalue weighted by Crippen LogP contribution is 2.52. The zero-order valence-electron chi connectivity index (χ0n) is 12.7. The first-order valence-corrected chi connectivity index (χ1v) is 8.32. The maximum Gasteiger partial charge on any atom is 0.230 e. The fraction of sp³-hybridized carbons (Fsp3) is 0.875. The number of rotatable bonds is 2. The summed E-state index contributed by atoms with van der Waals surface area (Å²) in [7, 11) is 0. The Kier molecular flexibility index (Phi) is 3.03. The smallest absolute Gasteiger partial charge is 0.230 e. The van der Waals surface area contributed by atoms with E-state index >= 15 is 0 Å². The highest BCUT2D eigenvalue weighted by molar-refractivity contribution is 5.87. The van der Waals surface area contributed by atoms with Crippen LogP contribution in [0.1, 0.15) is 26.2 Å². The van der Waals surface area contributed by atoms with Gasteiger partial charge in [0.05, 0.1) is 18.6 Å². The third kappa shape index (κ3) is 1.93. The molecule has 3 aliphatic heterocycles. The van der Waals surface area contributed by atoms with Crippen molar-refractivity contribution in [3.05, 3.63) is 0 Å². The summed E-state index contributed by atoms with van der Waals surface area (Å²) in [6, 6.07) is 0. The van der Waals surface area contributed by atoms with Crippen LogP contribution in [0.15, 0.2) is 0 Å². The molecule has 2 amide bonds. The van der Waals surface area contributed by atoms with Crippen molar-refractivity contribution in [2.75, 3.05) is 39.4 Å². The molecule has 3 saturated heterocycles. The van der Waals surface area contributed by atoms with Gasteiger partial charge in [-0.25, -0.2) is 0 Å². The molecule has 116 valence electrons. The monoisotopic (exact) mass is 292 g/mol.